The summed E-state index contributed by atoms with van der Waals surface area (Å²) in [5, 5.41) is 6.67. The Bertz CT molecular complexity index is 651. The molecular formula is C16H22N6S. The van der Waals surface area contributed by atoms with Gasteiger partial charge in [0.15, 0.2) is 0 Å². The van der Waals surface area contributed by atoms with Gasteiger partial charge in [-0.3, -0.25) is 5.43 Å². The number of nitrogen functional groups attached to an aromatic ring is 1. The molecule has 2 aromatic rings. The topological polar surface area (TPSA) is 69.8 Å². The van der Waals surface area contributed by atoms with Crippen LogP contribution in [0.5, 0.6) is 0 Å². The zero-order valence-corrected chi connectivity index (χ0v) is 14.1. The van der Waals surface area contributed by atoms with E-state index in [4.69, 9.17) is 5.73 Å². The molecule has 0 saturated carbocycles. The fourth-order valence-corrected chi connectivity index (χ4v) is 3.12. The summed E-state index contributed by atoms with van der Waals surface area (Å²) in [7, 11) is 2.19. The second-order valence-corrected chi connectivity index (χ2v) is 6.54. The molecule has 7 heteroatoms. The first-order valence-corrected chi connectivity index (χ1v) is 8.62. The van der Waals surface area contributed by atoms with Crippen LogP contribution in [-0.4, -0.2) is 49.3 Å². The maximum Gasteiger partial charge on any atom is 0.205 e. The quantitative estimate of drug-likeness (QED) is 0.665. The van der Waals surface area contributed by atoms with Gasteiger partial charge in [-0.1, -0.05) is 12.1 Å². The van der Waals surface area contributed by atoms with E-state index in [0.717, 1.165) is 25.2 Å². The highest BCUT2D eigenvalue weighted by atomic mass is 32.1. The average molecular weight is 330 g/mol. The van der Waals surface area contributed by atoms with E-state index in [1.54, 1.807) is 11.6 Å². The molecule has 1 aromatic heterocycles. The van der Waals surface area contributed by atoms with Crippen LogP contribution in [0, 0.1) is 0 Å². The fourth-order valence-electron chi connectivity index (χ4n) is 2.58. The molecule has 122 valence electrons. The first-order valence-electron chi connectivity index (χ1n) is 7.74. The lowest BCUT2D eigenvalue weighted by atomic mass is 10.2. The SMILES string of the molecule is CN1CCCN(c2ccc(C=NNc3nc(N)cs3)cc2)CC1. The molecule has 0 bridgehead atoms. The predicted octanol–water partition coefficient (Wildman–Crippen LogP) is 2.31. The van der Waals surface area contributed by atoms with Gasteiger partial charge in [-0.25, -0.2) is 4.98 Å². The van der Waals surface area contributed by atoms with E-state index in [2.05, 4.69) is 56.6 Å². The third kappa shape index (κ3) is 4.43. The van der Waals surface area contributed by atoms with Gasteiger partial charge in [0.2, 0.25) is 5.13 Å². The van der Waals surface area contributed by atoms with Gasteiger partial charge >= 0.3 is 0 Å². The minimum absolute atomic E-state index is 0.514. The van der Waals surface area contributed by atoms with Crippen LogP contribution in [0.25, 0.3) is 0 Å². The van der Waals surface area contributed by atoms with Crippen LogP contribution >= 0.6 is 11.3 Å². The summed E-state index contributed by atoms with van der Waals surface area (Å²) in [4.78, 5) is 8.93. The van der Waals surface area contributed by atoms with Crippen molar-refractivity contribution in [3.63, 3.8) is 0 Å². The van der Waals surface area contributed by atoms with Gasteiger partial charge in [-0.2, -0.15) is 5.10 Å². The van der Waals surface area contributed by atoms with Crippen LogP contribution in [0.2, 0.25) is 0 Å². The smallest absolute Gasteiger partial charge is 0.205 e. The predicted molar refractivity (Wildman–Crippen MR) is 98.5 cm³/mol. The highest BCUT2D eigenvalue weighted by molar-refractivity contribution is 7.14. The molecule has 23 heavy (non-hydrogen) atoms. The molecule has 3 rings (SSSR count). The van der Waals surface area contributed by atoms with Gasteiger partial charge in [-0.05, 0) is 37.7 Å². The van der Waals surface area contributed by atoms with Gasteiger partial charge < -0.3 is 15.5 Å². The van der Waals surface area contributed by atoms with E-state index in [1.165, 1.54) is 30.0 Å². The first kappa shape index (κ1) is 15.8. The van der Waals surface area contributed by atoms with Gasteiger partial charge in [-0.15, -0.1) is 11.3 Å². The number of nitrogens with two attached hydrogens (primary N) is 1. The molecule has 3 N–H and O–H groups in total. The molecule has 0 spiro atoms. The molecule has 2 heterocycles. The number of thiazole rings is 1. The summed E-state index contributed by atoms with van der Waals surface area (Å²) in [5.41, 5.74) is 10.8. The molecule has 1 aliphatic heterocycles. The Morgan fingerprint density at radius 2 is 2.04 bits per heavy atom. The molecule has 1 saturated heterocycles. The molecule has 0 aliphatic carbocycles. The Morgan fingerprint density at radius 1 is 1.22 bits per heavy atom. The minimum Gasteiger partial charge on any atom is -0.383 e. The van der Waals surface area contributed by atoms with Gasteiger partial charge in [0, 0.05) is 30.7 Å². The fraction of sp³-hybridized carbons (Fsp3) is 0.375. The Balaban J connectivity index is 1.58. The van der Waals surface area contributed by atoms with E-state index in [1.807, 2.05) is 0 Å². The van der Waals surface area contributed by atoms with Crippen molar-refractivity contribution in [2.75, 3.05) is 49.3 Å². The number of rotatable bonds is 4. The third-order valence-electron chi connectivity index (χ3n) is 3.87. The lowest BCUT2D eigenvalue weighted by Crippen LogP contribution is -2.28. The lowest BCUT2D eigenvalue weighted by Gasteiger charge is -2.22. The lowest BCUT2D eigenvalue weighted by molar-refractivity contribution is 0.360. The van der Waals surface area contributed by atoms with E-state index in [0.29, 0.717) is 10.9 Å². The van der Waals surface area contributed by atoms with Crippen molar-refractivity contribution in [1.29, 1.82) is 0 Å². The van der Waals surface area contributed by atoms with Crippen LogP contribution in [0.15, 0.2) is 34.7 Å². The molecule has 0 atom stereocenters. The standard InChI is InChI=1S/C16H22N6S/c1-21-7-2-8-22(10-9-21)14-5-3-13(4-6-14)11-18-20-16-19-15(17)12-23-16/h3-6,11-12H,2,7-10,17H2,1H3,(H,19,20). The average Bonchev–Trinajstić information content (AvgIpc) is 2.84. The Kier molecular flexibility index (Phi) is 5.09. The minimum atomic E-state index is 0.514. The number of nitrogens with zero attached hydrogens (tertiary/aromatic N) is 4. The zero-order chi connectivity index (χ0) is 16.1. The molecule has 0 radical (unpaired) electrons. The highest BCUT2D eigenvalue weighted by Gasteiger charge is 2.12. The molecular weight excluding hydrogens is 308 g/mol. The second kappa shape index (κ2) is 7.43. The van der Waals surface area contributed by atoms with Crippen molar-refractivity contribution >= 4 is 34.2 Å². The molecule has 0 unspecified atom stereocenters. The number of anilines is 3. The molecule has 6 nitrogen and oxygen atoms in total. The van der Waals surface area contributed by atoms with Gasteiger partial charge in [0.05, 0.1) is 6.21 Å². The number of hydrogen-bond acceptors (Lipinski definition) is 7. The molecule has 1 aliphatic rings. The largest absolute Gasteiger partial charge is 0.383 e. The zero-order valence-electron chi connectivity index (χ0n) is 13.3. The van der Waals surface area contributed by atoms with Crippen molar-refractivity contribution in [2.24, 2.45) is 5.10 Å². The van der Waals surface area contributed by atoms with E-state index in [-0.39, 0.29) is 0 Å². The normalized spacial score (nSPS) is 16.7. The maximum atomic E-state index is 5.57. The third-order valence-corrected chi connectivity index (χ3v) is 4.64. The molecule has 0 amide bonds. The van der Waals surface area contributed by atoms with Crippen molar-refractivity contribution < 1.29 is 0 Å². The van der Waals surface area contributed by atoms with Gasteiger partial charge in [0.25, 0.3) is 0 Å². The van der Waals surface area contributed by atoms with Crippen LogP contribution in [0.1, 0.15) is 12.0 Å². The van der Waals surface area contributed by atoms with E-state index >= 15 is 0 Å². The highest BCUT2D eigenvalue weighted by Crippen LogP contribution is 2.18. The summed E-state index contributed by atoms with van der Waals surface area (Å²) >= 11 is 1.44. The number of benzene rings is 1. The van der Waals surface area contributed by atoms with Crippen molar-refractivity contribution in [2.45, 2.75) is 6.42 Å². The van der Waals surface area contributed by atoms with Crippen LogP contribution < -0.4 is 16.1 Å². The summed E-state index contributed by atoms with van der Waals surface area (Å²) < 4.78 is 0. The first-order chi connectivity index (χ1) is 11.2. The number of hydrazone groups is 1. The van der Waals surface area contributed by atoms with Gasteiger partial charge in [0.1, 0.15) is 5.82 Å². The van der Waals surface area contributed by atoms with E-state index < -0.39 is 0 Å². The number of hydrogen-bond donors (Lipinski definition) is 2. The van der Waals surface area contributed by atoms with Crippen LogP contribution in [-0.2, 0) is 0 Å². The van der Waals surface area contributed by atoms with E-state index in [9.17, 15) is 0 Å². The molecule has 1 fully saturated rings. The number of nitrogens with one attached hydrogen (secondary N) is 1. The Labute approximate surface area is 140 Å². The maximum absolute atomic E-state index is 5.57. The summed E-state index contributed by atoms with van der Waals surface area (Å²) in [6.07, 6.45) is 3.00. The number of aromatic nitrogens is 1. The summed E-state index contributed by atoms with van der Waals surface area (Å²) in [6, 6.07) is 8.50. The molecule has 1 aromatic carbocycles. The van der Waals surface area contributed by atoms with Crippen molar-refractivity contribution in [3.8, 4) is 0 Å². The Hall–Kier alpha value is -2.12. The van der Waals surface area contributed by atoms with Crippen LogP contribution in [0.3, 0.4) is 0 Å². The summed E-state index contributed by atoms with van der Waals surface area (Å²) in [6.45, 7) is 4.49. The monoisotopic (exact) mass is 330 g/mol. The van der Waals surface area contributed by atoms with Crippen LogP contribution in [0.4, 0.5) is 16.6 Å². The Morgan fingerprint density at radius 3 is 2.78 bits per heavy atom. The summed E-state index contributed by atoms with van der Waals surface area (Å²) in [5.74, 6) is 0.514. The number of likely N-dealkylation sites (N-methyl/N-ethyl adjacent to an activating group) is 1. The van der Waals surface area contributed by atoms with Crippen molar-refractivity contribution in [3.05, 3.63) is 35.2 Å². The second-order valence-electron chi connectivity index (χ2n) is 5.68. The van der Waals surface area contributed by atoms with Crippen molar-refractivity contribution in [1.82, 2.24) is 9.88 Å².